The molecule has 0 saturated carbocycles. The third-order valence-corrected chi connectivity index (χ3v) is 1.52. The molecule has 87 valence electrons. The van der Waals surface area contributed by atoms with Gasteiger partial charge in [0.1, 0.15) is 11.9 Å². The number of carbonyl (C=O) groups is 2. The average Bonchev–Trinajstić information content (AvgIpc) is 2.09. The van der Waals surface area contributed by atoms with Crippen molar-refractivity contribution in [2.45, 2.75) is 45.3 Å². The summed E-state index contributed by atoms with van der Waals surface area (Å²) in [4.78, 5) is 21.2. The minimum Gasteiger partial charge on any atom is -0.444 e. The third-order valence-electron chi connectivity index (χ3n) is 1.52. The molecule has 2 N–H and O–H groups in total. The van der Waals surface area contributed by atoms with Crippen LogP contribution in [0.2, 0.25) is 0 Å². The van der Waals surface area contributed by atoms with Crippen molar-refractivity contribution >= 4 is 12.4 Å². The van der Waals surface area contributed by atoms with E-state index in [0.29, 0.717) is 25.7 Å². The highest BCUT2D eigenvalue weighted by molar-refractivity contribution is 5.67. The quantitative estimate of drug-likeness (QED) is 0.551. The first-order valence-corrected chi connectivity index (χ1v) is 4.98. The molecule has 0 heterocycles. The maximum atomic E-state index is 11.1. The van der Waals surface area contributed by atoms with Crippen LogP contribution in [0.25, 0.3) is 0 Å². The van der Waals surface area contributed by atoms with E-state index in [1.807, 2.05) is 0 Å². The zero-order valence-corrected chi connectivity index (χ0v) is 9.50. The maximum Gasteiger partial charge on any atom is 0.407 e. The lowest BCUT2D eigenvalue weighted by Gasteiger charge is -2.19. The summed E-state index contributed by atoms with van der Waals surface area (Å²) in [6, 6.07) is -0.689. The lowest BCUT2D eigenvalue weighted by molar-refractivity contribution is -0.109. The number of ether oxygens (including phenoxy) is 1. The van der Waals surface area contributed by atoms with Gasteiger partial charge in [-0.15, -0.1) is 0 Å². The second-order valence-electron chi connectivity index (χ2n) is 4.31. The van der Waals surface area contributed by atoms with Gasteiger partial charge in [-0.1, -0.05) is 0 Å². The van der Waals surface area contributed by atoms with E-state index < -0.39 is 17.7 Å². The zero-order chi connectivity index (χ0) is 11.9. The number of amides is 1. The van der Waals surface area contributed by atoms with Gasteiger partial charge in [-0.25, -0.2) is 10.5 Å². The average molecular weight is 215 g/mol. The van der Waals surface area contributed by atoms with Gasteiger partial charge in [0, 0.05) is 6.54 Å². The predicted octanol–water partition coefficient (Wildman–Crippen LogP) is 1.14. The molecule has 5 nitrogen and oxygen atoms in total. The molecule has 1 atom stereocenters. The highest BCUT2D eigenvalue weighted by Gasteiger charge is 2.15. The number of alkyl carbamates (subject to hydrolysis) is 1. The smallest absolute Gasteiger partial charge is 0.407 e. The second kappa shape index (κ2) is 6.40. The fourth-order valence-electron chi connectivity index (χ4n) is 0.895. The number of hydrogen-bond donors (Lipinski definition) is 1. The summed E-state index contributed by atoms with van der Waals surface area (Å²) in [6.45, 7) is 5.80. The summed E-state index contributed by atoms with van der Waals surface area (Å²) in [7, 11) is 0. The van der Waals surface area contributed by atoms with Crippen LogP contribution in [0.4, 0.5) is 4.79 Å². The number of aldehydes is 1. The molecule has 0 saturated heterocycles. The molecule has 15 heavy (non-hydrogen) atoms. The molecule has 0 spiro atoms. The molecule has 5 heteroatoms. The van der Waals surface area contributed by atoms with Gasteiger partial charge in [0.05, 0.1) is 6.04 Å². The molecule has 0 aromatic rings. The molecule has 0 aliphatic carbocycles. The Labute approximate surface area is 90.4 Å². The van der Waals surface area contributed by atoms with Crippen LogP contribution >= 0.6 is 0 Å². The van der Waals surface area contributed by atoms with Crippen LogP contribution in [0.15, 0.2) is 0 Å². The van der Waals surface area contributed by atoms with Crippen molar-refractivity contribution in [1.29, 1.82) is 0 Å². The van der Waals surface area contributed by atoms with E-state index in [4.69, 9.17) is 10.5 Å². The Hall–Kier alpha value is -1.10. The summed E-state index contributed by atoms with van der Waals surface area (Å²) in [5.74, 6) is 0. The minimum absolute atomic E-state index is 0.429. The summed E-state index contributed by atoms with van der Waals surface area (Å²) in [5.41, 5.74) is 6.64. The van der Waals surface area contributed by atoms with Crippen LogP contribution in [-0.2, 0) is 9.53 Å². The Morgan fingerprint density at radius 3 is 2.60 bits per heavy atom. The molecule has 0 aliphatic rings. The Balaban J connectivity index is 3.52. The van der Waals surface area contributed by atoms with Crippen molar-refractivity contribution in [3.05, 3.63) is 0 Å². The standard InChI is InChI=1S/C10H19N2O3/c1-10(2,3)15-9(14)12-6-4-5-8(11)7-13/h7-8,11H,4-6H2,1-3H3,(H,12,14). The first kappa shape index (κ1) is 13.9. The van der Waals surface area contributed by atoms with Crippen molar-refractivity contribution in [1.82, 2.24) is 11.1 Å². The van der Waals surface area contributed by atoms with Crippen LogP contribution in [0, 0.1) is 0 Å². The van der Waals surface area contributed by atoms with Gasteiger partial charge >= 0.3 is 6.09 Å². The molecular formula is C10H19N2O3. The molecule has 0 rings (SSSR count). The third kappa shape index (κ3) is 9.21. The van der Waals surface area contributed by atoms with E-state index in [0.717, 1.165) is 0 Å². The predicted molar refractivity (Wildman–Crippen MR) is 56.4 cm³/mol. The summed E-state index contributed by atoms with van der Waals surface area (Å²) in [6.07, 6.45) is 1.19. The van der Waals surface area contributed by atoms with E-state index in [-0.39, 0.29) is 0 Å². The van der Waals surface area contributed by atoms with Gasteiger partial charge in [0.2, 0.25) is 0 Å². The SMILES string of the molecule is CC(C)(C)OC(=O)NCCCC([NH])C=O. The topological polar surface area (TPSA) is 79.2 Å². The van der Waals surface area contributed by atoms with E-state index in [1.165, 1.54) is 0 Å². The first-order chi connectivity index (χ1) is 6.85. The summed E-state index contributed by atoms with van der Waals surface area (Å²) in [5, 5.41) is 2.56. The highest BCUT2D eigenvalue weighted by atomic mass is 16.6. The minimum atomic E-state index is -0.689. The Morgan fingerprint density at radius 2 is 2.13 bits per heavy atom. The van der Waals surface area contributed by atoms with Gasteiger partial charge in [0.15, 0.2) is 0 Å². The molecule has 1 radical (unpaired) electrons. The van der Waals surface area contributed by atoms with Gasteiger partial charge in [0.25, 0.3) is 0 Å². The van der Waals surface area contributed by atoms with Crippen LogP contribution in [-0.4, -0.2) is 30.6 Å². The molecule has 0 aromatic carbocycles. The number of carbonyl (C=O) groups excluding carboxylic acids is 2. The zero-order valence-electron chi connectivity index (χ0n) is 9.50. The summed E-state index contributed by atoms with van der Waals surface area (Å²) >= 11 is 0. The van der Waals surface area contributed by atoms with Gasteiger partial charge < -0.3 is 14.8 Å². The van der Waals surface area contributed by atoms with Crippen molar-refractivity contribution in [3.63, 3.8) is 0 Å². The monoisotopic (exact) mass is 215 g/mol. The van der Waals surface area contributed by atoms with Gasteiger partial charge in [-0.05, 0) is 33.6 Å². The number of rotatable bonds is 5. The normalized spacial score (nSPS) is 13.1. The van der Waals surface area contributed by atoms with Crippen LogP contribution in [0.1, 0.15) is 33.6 Å². The first-order valence-electron chi connectivity index (χ1n) is 4.98. The molecular weight excluding hydrogens is 196 g/mol. The van der Waals surface area contributed by atoms with E-state index in [1.54, 1.807) is 20.8 Å². The molecule has 0 fully saturated rings. The van der Waals surface area contributed by atoms with E-state index in [2.05, 4.69) is 5.32 Å². The molecule has 0 aliphatic heterocycles. The highest BCUT2D eigenvalue weighted by Crippen LogP contribution is 2.06. The Bertz CT molecular complexity index is 211. The molecule has 1 unspecified atom stereocenters. The summed E-state index contributed by atoms with van der Waals surface area (Å²) < 4.78 is 5.00. The van der Waals surface area contributed by atoms with Crippen LogP contribution in [0.3, 0.4) is 0 Å². The van der Waals surface area contributed by atoms with Gasteiger partial charge in [-0.2, -0.15) is 0 Å². The fraction of sp³-hybridized carbons (Fsp3) is 0.800. The molecule has 0 bridgehead atoms. The van der Waals surface area contributed by atoms with E-state index in [9.17, 15) is 9.59 Å². The van der Waals surface area contributed by atoms with Crippen molar-refractivity contribution in [2.75, 3.05) is 6.54 Å². The van der Waals surface area contributed by atoms with Crippen LogP contribution < -0.4 is 11.1 Å². The van der Waals surface area contributed by atoms with Crippen molar-refractivity contribution in [3.8, 4) is 0 Å². The van der Waals surface area contributed by atoms with E-state index >= 15 is 0 Å². The number of nitrogens with one attached hydrogen (secondary N) is 2. The van der Waals surface area contributed by atoms with Crippen LogP contribution in [0.5, 0.6) is 0 Å². The number of hydrogen-bond acceptors (Lipinski definition) is 3. The largest absolute Gasteiger partial charge is 0.444 e. The fourth-order valence-corrected chi connectivity index (χ4v) is 0.895. The van der Waals surface area contributed by atoms with Crippen molar-refractivity contribution < 1.29 is 14.3 Å². The Kier molecular flexibility index (Phi) is 5.93. The lowest BCUT2D eigenvalue weighted by atomic mass is 10.2. The van der Waals surface area contributed by atoms with Gasteiger partial charge in [-0.3, -0.25) is 0 Å². The Morgan fingerprint density at radius 1 is 1.53 bits per heavy atom. The second-order valence-corrected chi connectivity index (χ2v) is 4.31. The lowest BCUT2D eigenvalue weighted by Crippen LogP contribution is -2.33. The molecule has 0 aromatic heterocycles. The molecule has 1 amide bonds. The van der Waals surface area contributed by atoms with Crippen molar-refractivity contribution in [2.24, 2.45) is 0 Å². The maximum absolute atomic E-state index is 11.1.